The topological polar surface area (TPSA) is 33.1 Å². The molecule has 4 nitrogen and oxygen atoms in total. The van der Waals surface area contributed by atoms with Crippen molar-refractivity contribution in [3.8, 4) is 0 Å². The molecule has 1 aromatic heterocycles. The first-order valence-corrected chi connectivity index (χ1v) is 7.22. The Bertz CT molecular complexity index is 366. The van der Waals surface area contributed by atoms with Crippen LogP contribution >= 0.6 is 0 Å². The molecule has 0 aliphatic carbocycles. The van der Waals surface area contributed by atoms with E-state index in [2.05, 4.69) is 46.8 Å². The van der Waals surface area contributed by atoms with Crippen molar-refractivity contribution in [3.63, 3.8) is 0 Å². The quantitative estimate of drug-likeness (QED) is 0.835. The van der Waals surface area contributed by atoms with E-state index in [0.717, 1.165) is 31.9 Å². The Morgan fingerprint density at radius 1 is 1.50 bits per heavy atom. The molecule has 0 amide bonds. The molecule has 0 radical (unpaired) electrons. The van der Waals surface area contributed by atoms with Gasteiger partial charge in [-0.1, -0.05) is 6.92 Å². The average molecular weight is 250 g/mol. The van der Waals surface area contributed by atoms with Gasteiger partial charge in [-0.3, -0.25) is 9.58 Å². The van der Waals surface area contributed by atoms with E-state index in [1.54, 1.807) is 0 Å². The maximum atomic E-state index is 4.52. The molecule has 1 saturated heterocycles. The molecule has 4 heteroatoms. The molecule has 1 atom stereocenters. The highest BCUT2D eigenvalue weighted by molar-refractivity contribution is 5.09. The fourth-order valence-electron chi connectivity index (χ4n) is 2.76. The van der Waals surface area contributed by atoms with E-state index in [-0.39, 0.29) is 0 Å². The van der Waals surface area contributed by atoms with Gasteiger partial charge >= 0.3 is 0 Å². The highest BCUT2D eigenvalue weighted by Gasteiger charge is 2.18. The molecule has 2 rings (SSSR count). The van der Waals surface area contributed by atoms with Gasteiger partial charge in [0.05, 0.1) is 11.4 Å². The average Bonchev–Trinajstić information content (AvgIpc) is 2.98. The number of hydrogen-bond donors (Lipinski definition) is 1. The minimum atomic E-state index is 0.684. The third-order valence-electron chi connectivity index (χ3n) is 3.76. The number of aromatic nitrogens is 2. The van der Waals surface area contributed by atoms with Gasteiger partial charge in [0.2, 0.25) is 0 Å². The Balaban J connectivity index is 1.95. The fraction of sp³-hybridized carbons (Fsp3) is 0.786. The van der Waals surface area contributed by atoms with Gasteiger partial charge < -0.3 is 5.32 Å². The number of likely N-dealkylation sites (N-methyl/N-ethyl adjacent to an activating group) is 1. The van der Waals surface area contributed by atoms with Crippen molar-refractivity contribution in [1.29, 1.82) is 0 Å². The molecular formula is C14H26N4. The van der Waals surface area contributed by atoms with Crippen molar-refractivity contribution >= 4 is 0 Å². The molecule has 102 valence electrons. The molecule has 0 aromatic carbocycles. The monoisotopic (exact) mass is 250 g/mol. The van der Waals surface area contributed by atoms with Crippen LogP contribution in [0.25, 0.3) is 0 Å². The van der Waals surface area contributed by atoms with Crippen molar-refractivity contribution in [2.45, 2.75) is 52.7 Å². The van der Waals surface area contributed by atoms with Crippen molar-refractivity contribution in [2.24, 2.45) is 0 Å². The highest BCUT2D eigenvalue weighted by atomic mass is 15.3. The van der Waals surface area contributed by atoms with Crippen molar-refractivity contribution in [1.82, 2.24) is 20.0 Å². The van der Waals surface area contributed by atoms with Gasteiger partial charge in [0.15, 0.2) is 0 Å². The first kappa shape index (κ1) is 13.6. The molecule has 0 saturated carbocycles. The molecule has 1 N–H and O–H groups in total. The normalized spacial score (nSPS) is 19.9. The lowest BCUT2D eigenvalue weighted by Crippen LogP contribution is -2.37. The highest BCUT2D eigenvalue weighted by Crippen LogP contribution is 2.11. The smallest absolute Gasteiger partial charge is 0.0597 e. The maximum absolute atomic E-state index is 4.52. The molecule has 1 aromatic rings. The van der Waals surface area contributed by atoms with E-state index in [1.165, 1.54) is 25.1 Å². The van der Waals surface area contributed by atoms with Crippen LogP contribution in [-0.2, 0) is 13.1 Å². The van der Waals surface area contributed by atoms with Crippen molar-refractivity contribution in [2.75, 3.05) is 19.6 Å². The molecule has 0 bridgehead atoms. The van der Waals surface area contributed by atoms with Gasteiger partial charge in [-0.15, -0.1) is 0 Å². The van der Waals surface area contributed by atoms with Crippen LogP contribution in [0.15, 0.2) is 6.07 Å². The molecule has 1 aliphatic heterocycles. The minimum absolute atomic E-state index is 0.684. The Labute approximate surface area is 110 Å². The molecular weight excluding hydrogens is 224 g/mol. The molecule has 1 aliphatic rings. The summed E-state index contributed by atoms with van der Waals surface area (Å²) in [6.45, 7) is 11.9. The lowest BCUT2D eigenvalue weighted by Gasteiger charge is -2.24. The van der Waals surface area contributed by atoms with Crippen LogP contribution in [0.5, 0.6) is 0 Å². The fourth-order valence-corrected chi connectivity index (χ4v) is 2.76. The van der Waals surface area contributed by atoms with Gasteiger partial charge in [0, 0.05) is 25.7 Å². The zero-order valence-electron chi connectivity index (χ0n) is 11.9. The van der Waals surface area contributed by atoms with Crippen LogP contribution in [0.3, 0.4) is 0 Å². The predicted molar refractivity (Wildman–Crippen MR) is 74.6 cm³/mol. The standard InChI is InChI=1S/C14H26N4/c1-4-17(10-13-7-6-8-15-13)11-14-9-12(3)16-18(14)5-2/h9,13,15H,4-8,10-11H2,1-3H3. The van der Waals surface area contributed by atoms with Gasteiger partial charge in [0.25, 0.3) is 0 Å². The van der Waals surface area contributed by atoms with Crippen molar-refractivity contribution in [3.05, 3.63) is 17.5 Å². The first-order valence-electron chi connectivity index (χ1n) is 7.22. The number of aryl methyl sites for hydroxylation is 2. The van der Waals surface area contributed by atoms with E-state index in [0.29, 0.717) is 6.04 Å². The summed E-state index contributed by atoms with van der Waals surface area (Å²) >= 11 is 0. The molecule has 18 heavy (non-hydrogen) atoms. The SMILES string of the molecule is CCN(Cc1cc(C)nn1CC)CC1CCCN1. The largest absolute Gasteiger partial charge is 0.313 e. The maximum Gasteiger partial charge on any atom is 0.0597 e. The Morgan fingerprint density at radius 3 is 2.94 bits per heavy atom. The van der Waals surface area contributed by atoms with Crippen molar-refractivity contribution < 1.29 is 0 Å². The van der Waals surface area contributed by atoms with E-state index in [4.69, 9.17) is 0 Å². The summed E-state index contributed by atoms with van der Waals surface area (Å²) < 4.78 is 2.13. The zero-order chi connectivity index (χ0) is 13.0. The second-order valence-electron chi connectivity index (χ2n) is 5.21. The minimum Gasteiger partial charge on any atom is -0.313 e. The van der Waals surface area contributed by atoms with Gasteiger partial charge in [-0.2, -0.15) is 5.10 Å². The Hall–Kier alpha value is -0.870. The summed E-state index contributed by atoms with van der Waals surface area (Å²) in [5.41, 5.74) is 2.47. The van der Waals surface area contributed by atoms with E-state index >= 15 is 0 Å². The van der Waals surface area contributed by atoms with Gasteiger partial charge in [-0.05, 0) is 45.8 Å². The Morgan fingerprint density at radius 2 is 2.33 bits per heavy atom. The second kappa shape index (κ2) is 6.34. The van der Waals surface area contributed by atoms with Crippen LogP contribution < -0.4 is 5.32 Å². The molecule has 2 heterocycles. The number of rotatable bonds is 6. The van der Waals surface area contributed by atoms with Crippen LogP contribution in [0.1, 0.15) is 38.1 Å². The number of nitrogens with zero attached hydrogens (tertiary/aromatic N) is 3. The number of nitrogens with one attached hydrogen (secondary N) is 1. The third kappa shape index (κ3) is 3.33. The summed E-state index contributed by atoms with van der Waals surface area (Å²) in [5, 5.41) is 8.10. The second-order valence-corrected chi connectivity index (χ2v) is 5.21. The summed E-state index contributed by atoms with van der Waals surface area (Å²) in [4.78, 5) is 2.52. The van der Waals surface area contributed by atoms with Crippen LogP contribution in [-0.4, -0.2) is 40.4 Å². The lowest BCUT2D eigenvalue weighted by atomic mass is 10.2. The van der Waals surface area contributed by atoms with E-state index in [9.17, 15) is 0 Å². The van der Waals surface area contributed by atoms with Gasteiger partial charge in [0.1, 0.15) is 0 Å². The zero-order valence-corrected chi connectivity index (χ0v) is 11.9. The lowest BCUT2D eigenvalue weighted by molar-refractivity contribution is 0.246. The molecule has 1 fully saturated rings. The predicted octanol–water partition coefficient (Wildman–Crippen LogP) is 1.79. The first-order chi connectivity index (χ1) is 8.72. The summed E-state index contributed by atoms with van der Waals surface area (Å²) in [6.07, 6.45) is 2.65. The Kier molecular flexibility index (Phi) is 4.78. The summed E-state index contributed by atoms with van der Waals surface area (Å²) in [7, 11) is 0. The third-order valence-corrected chi connectivity index (χ3v) is 3.76. The van der Waals surface area contributed by atoms with Crippen LogP contribution in [0.2, 0.25) is 0 Å². The van der Waals surface area contributed by atoms with E-state index < -0.39 is 0 Å². The van der Waals surface area contributed by atoms with Gasteiger partial charge in [-0.25, -0.2) is 0 Å². The van der Waals surface area contributed by atoms with Crippen LogP contribution in [0, 0.1) is 6.92 Å². The summed E-state index contributed by atoms with van der Waals surface area (Å²) in [5.74, 6) is 0. The van der Waals surface area contributed by atoms with Crippen LogP contribution in [0.4, 0.5) is 0 Å². The van der Waals surface area contributed by atoms with E-state index in [1.807, 2.05) is 0 Å². The molecule has 0 spiro atoms. The molecule has 1 unspecified atom stereocenters. The number of hydrogen-bond acceptors (Lipinski definition) is 3. The summed E-state index contributed by atoms with van der Waals surface area (Å²) in [6, 6.07) is 2.90.